The predicted octanol–water partition coefficient (Wildman–Crippen LogP) is 3.79. The number of aryl methyl sites for hydroxylation is 3. The summed E-state index contributed by atoms with van der Waals surface area (Å²) < 4.78 is 12.1. The van der Waals surface area contributed by atoms with Gasteiger partial charge in [0.2, 0.25) is 0 Å². The van der Waals surface area contributed by atoms with Gasteiger partial charge in [0.15, 0.2) is 5.13 Å². The van der Waals surface area contributed by atoms with Gasteiger partial charge in [-0.15, -0.1) is 0 Å². The standard InChI is InChI=1S/C21H25N3O3S/c1-14-4-5-18-19(12-14)28-21(22-18)24(7-6-23-8-10-26-11-9-23)20(25)17-13-15(2)27-16(17)3/h4-5,12-13H,6-11H2,1-3H3. The van der Waals surface area contributed by atoms with Crippen molar-refractivity contribution in [2.75, 3.05) is 44.3 Å². The molecule has 3 heterocycles. The Hall–Kier alpha value is -2.22. The topological polar surface area (TPSA) is 58.8 Å². The molecular weight excluding hydrogens is 374 g/mol. The largest absolute Gasteiger partial charge is 0.466 e. The molecule has 0 radical (unpaired) electrons. The van der Waals surface area contributed by atoms with Crippen molar-refractivity contribution in [3.05, 3.63) is 46.9 Å². The van der Waals surface area contributed by atoms with Crippen LogP contribution in [0.2, 0.25) is 0 Å². The predicted molar refractivity (Wildman–Crippen MR) is 111 cm³/mol. The van der Waals surface area contributed by atoms with Crippen LogP contribution in [0.4, 0.5) is 5.13 Å². The molecule has 1 aliphatic heterocycles. The zero-order valence-electron chi connectivity index (χ0n) is 16.5. The number of ether oxygens (including phenoxy) is 1. The van der Waals surface area contributed by atoms with Crippen LogP contribution in [0.25, 0.3) is 10.2 Å². The fourth-order valence-corrected chi connectivity index (χ4v) is 4.56. The Balaban J connectivity index is 1.64. The number of anilines is 1. The number of hydrogen-bond acceptors (Lipinski definition) is 6. The summed E-state index contributed by atoms with van der Waals surface area (Å²) in [6.45, 7) is 10.4. The average molecular weight is 400 g/mol. The second-order valence-electron chi connectivity index (χ2n) is 7.21. The molecular formula is C21H25N3O3S. The van der Waals surface area contributed by atoms with Crippen molar-refractivity contribution in [3.63, 3.8) is 0 Å². The number of rotatable bonds is 5. The van der Waals surface area contributed by atoms with Crippen LogP contribution in [0.1, 0.15) is 27.4 Å². The number of hydrogen-bond donors (Lipinski definition) is 0. The molecule has 1 saturated heterocycles. The summed E-state index contributed by atoms with van der Waals surface area (Å²) >= 11 is 1.56. The van der Waals surface area contributed by atoms with E-state index in [1.807, 2.05) is 26.0 Å². The van der Waals surface area contributed by atoms with Gasteiger partial charge in [-0.1, -0.05) is 17.4 Å². The normalized spacial score (nSPS) is 15.2. The number of amides is 1. The Labute approximate surface area is 168 Å². The molecule has 1 aliphatic rings. The Bertz CT molecular complexity index is 988. The van der Waals surface area contributed by atoms with Crippen molar-refractivity contribution in [2.24, 2.45) is 0 Å². The molecule has 148 valence electrons. The van der Waals surface area contributed by atoms with Crippen molar-refractivity contribution < 1.29 is 13.9 Å². The van der Waals surface area contributed by atoms with Gasteiger partial charge >= 0.3 is 0 Å². The van der Waals surface area contributed by atoms with Crippen molar-refractivity contribution in [3.8, 4) is 0 Å². The molecule has 0 unspecified atom stereocenters. The van der Waals surface area contributed by atoms with Gasteiger partial charge in [-0.05, 0) is 44.5 Å². The van der Waals surface area contributed by atoms with Crippen LogP contribution in [0.15, 0.2) is 28.7 Å². The lowest BCUT2D eigenvalue weighted by molar-refractivity contribution is 0.0391. The van der Waals surface area contributed by atoms with E-state index in [0.717, 1.165) is 54.0 Å². The Morgan fingerprint density at radius 2 is 2.00 bits per heavy atom. The minimum Gasteiger partial charge on any atom is -0.466 e. The fourth-order valence-electron chi connectivity index (χ4n) is 3.47. The molecule has 1 fully saturated rings. The monoisotopic (exact) mass is 399 g/mol. The molecule has 1 amide bonds. The minimum absolute atomic E-state index is 0.0570. The minimum atomic E-state index is -0.0570. The second kappa shape index (κ2) is 8.03. The summed E-state index contributed by atoms with van der Waals surface area (Å²) in [5.74, 6) is 1.34. The maximum Gasteiger partial charge on any atom is 0.263 e. The van der Waals surface area contributed by atoms with Gasteiger partial charge in [-0.2, -0.15) is 0 Å². The first-order valence-electron chi connectivity index (χ1n) is 9.57. The van der Waals surface area contributed by atoms with Crippen LogP contribution in [-0.4, -0.2) is 55.2 Å². The highest BCUT2D eigenvalue weighted by atomic mass is 32.1. The third-order valence-corrected chi connectivity index (χ3v) is 6.06. The van der Waals surface area contributed by atoms with Gasteiger partial charge in [-0.3, -0.25) is 14.6 Å². The van der Waals surface area contributed by atoms with E-state index in [1.54, 1.807) is 16.2 Å². The van der Waals surface area contributed by atoms with E-state index in [9.17, 15) is 4.79 Å². The van der Waals surface area contributed by atoms with E-state index in [1.165, 1.54) is 5.56 Å². The first-order chi connectivity index (χ1) is 13.5. The van der Waals surface area contributed by atoms with Crippen molar-refractivity contribution in [2.45, 2.75) is 20.8 Å². The smallest absolute Gasteiger partial charge is 0.263 e. The highest BCUT2D eigenvalue weighted by Crippen LogP contribution is 2.31. The number of nitrogens with zero attached hydrogens (tertiary/aromatic N) is 3. The molecule has 0 aliphatic carbocycles. The van der Waals surface area contributed by atoms with Crippen molar-refractivity contribution in [1.82, 2.24) is 9.88 Å². The Morgan fingerprint density at radius 3 is 2.71 bits per heavy atom. The highest BCUT2D eigenvalue weighted by Gasteiger charge is 2.25. The molecule has 4 rings (SSSR count). The number of aromatic nitrogens is 1. The molecule has 3 aromatic rings. The van der Waals surface area contributed by atoms with E-state index in [4.69, 9.17) is 14.1 Å². The lowest BCUT2D eigenvalue weighted by Gasteiger charge is -2.29. The molecule has 7 heteroatoms. The van der Waals surface area contributed by atoms with Crippen LogP contribution < -0.4 is 4.90 Å². The second-order valence-corrected chi connectivity index (χ2v) is 8.21. The third kappa shape index (κ3) is 3.97. The van der Waals surface area contributed by atoms with Crippen molar-refractivity contribution in [1.29, 1.82) is 0 Å². The first-order valence-corrected chi connectivity index (χ1v) is 10.4. The molecule has 1 aromatic carbocycles. The molecule has 0 spiro atoms. The van der Waals surface area contributed by atoms with Crippen LogP contribution in [0, 0.1) is 20.8 Å². The van der Waals surface area contributed by atoms with Crippen LogP contribution in [0.3, 0.4) is 0 Å². The summed E-state index contributed by atoms with van der Waals surface area (Å²) in [5.41, 5.74) is 2.72. The van der Waals surface area contributed by atoms with E-state index in [0.29, 0.717) is 17.9 Å². The number of benzene rings is 1. The molecule has 2 aromatic heterocycles. The van der Waals surface area contributed by atoms with Gasteiger partial charge in [0, 0.05) is 26.2 Å². The lowest BCUT2D eigenvalue weighted by atomic mass is 10.2. The van der Waals surface area contributed by atoms with Gasteiger partial charge < -0.3 is 9.15 Å². The zero-order valence-corrected chi connectivity index (χ0v) is 17.3. The lowest BCUT2D eigenvalue weighted by Crippen LogP contribution is -2.43. The molecule has 28 heavy (non-hydrogen) atoms. The maximum absolute atomic E-state index is 13.4. The van der Waals surface area contributed by atoms with E-state index in [2.05, 4.69) is 24.0 Å². The average Bonchev–Trinajstić information content (AvgIpc) is 3.24. The zero-order chi connectivity index (χ0) is 19.7. The van der Waals surface area contributed by atoms with E-state index < -0.39 is 0 Å². The van der Waals surface area contributed by atoms with Crippen LogP contribution in [-0.2, 0) is 4.74 Å². The molecule has 0 bridgehead atoms. The number of morpholine rings is 1. The van der Waals surface area contributed by atoms with Gasteiger partial charge in [0.1, 0.15) is 11.5 Å². The Morgan fingerprint density at radius 1 is 1.21 bits per heavy atom. The third-order valence-electron chi connectivity index (χ3n) is 5.02. The summed E-state index contributed by atoms with van der Waals surface area (Å²) in [4.78, 5) is 22.3. The van der Waals surface area contributed by atoms with Crippen LogP contribution >= 0.6 is 11.3 Å². The van der Waals surface area contributed by atoms with Crippen molar-refractivity contribution >= 4 is 32.6 Å². The van der Waals surface area contributed by atoms with Gasteiger partial charge in [0.05, 0.1) is 29.0 Å². The van der Waals surface area contributed by atoms with Gasteiger partial charge in [0.25, 0.3) is 5.91 Å². The van der Waals surface area contributed by atoms with Crippen LogP contribution in [0.5, 0.6) is 0 Å². The summed E-state index contributed by atoms with van der Waals surface area (Å²) in [5, 5.41) is 0.733. The molecule has 0 saturated carbocycles. The summed E-state index contributed by atoms with van der Waals surface area (Å²) in [6, 6.07) is 8.00. The summed E-state index contributed by atoms with van der Waals surface area (Å²) in [6.07, 6.45) is 0. The molecule has 0 N–H and O–H groups in total. The number of carbonyl (C=O) groups excluding carboxylic acids is 1. The molecule has 0 atom stereocenters. The molecule has 6 nitrogen and oxygen atoms in total. The Kier molecular flexibility index (Phi) is 5.48. The number of thiazole rings is 1. The van der Waals surface area contributed by atoms with Gasteiger partial charge in [-0.25, -0.2) is 4.98 Å². The first kappa shape index (κ1) is 19.1. The van der Waals surface area contributed by atoms with E-state index >= 15 is 0 Å². The fraction of sp³-hybridized carbons (Fsp3) is 0.429. The maximum atomic E-state index is 13.4. The highest BCUT2D eigenvalue weighted by molar-refractivity contribution is 7.22. The summed E-state index contributed by atoms with van der Waals surface area (Å²) in [7, 11) is 0. The van der Waals surface area contributed by atoms with E-state index in [-0.39, 0.29) is 5.91 Å². The quantitative estimate of drug-likeness (QED) is 0.653. The number of fused-ring (bicyclic) bond motifs is 1. The SMILES string of the molecule is Cc1ccc2nc(N(CCN3CCOCC3)C(=O)c3cc(C)oc3C)sc2c1. The number of carbonyl (C=O) groups is 1. The number of furan rings is 1.